The van der Waals surface area contributed by atoms with Crippen molar-refractivity contribution in [2.75, 3.05) is 13.2 Å². The third-order valence-electron chi connectivity index (χ3n) is 2.29. The molecule has 0 radical (unpaired) electrons. The predicted molar refractivity (Wildman–Crippen MR) is 66.8 cm³/mol. The Bertz CT molecular complexity index is 316. The maximum absolute atomic E-state index is 5.55. The molecule has 0 saturated carbocycles. The van der Waals surface area contributed by atoms with Crippen molar-refractivity contribution in [3.8, 4) is 0 Å². The minimum Gasteiger partial charge on any atom is -0.380 e. The van der Waals surface area contributed by atoms with E-state index < -0.39 is 0 Å². The lowest BCUT2D eigenvalue weighted by Gasteiger charge is -2.18. The van der Waals surface area contributed by atoms with Crippen LogP contribution in [-0.2, 0) is 11.3 Å². The van der Waals surface area contributed by atoms with Crippen LogP contribution in [-0.4, -0.2) is 23.0 Å². The number of nitrogens with two attached hydrogens (primary N) is 1. The summed E-state index contributed by atoms with van der Waals surface area (Å²) in [6, 6.07) is -0.0385. The monoisotopic (exact) mass is 290 g/mol. The average Bonchev–Trinajstić information content (AvgIpc) is 2.63. The number of hydrogen-bond donors (Lipinski definition) is 2. The van der Waals surface area contributed by atoms with Crippen molar-refractivity contribution < 1.29 is 4.74 Å². The molecule has 1 rings (SSSR count). The highest BCUT2D eigenvalue weighted by atomic mass is 79.9. The Balaban J connectivity index is 2.84. The number of hydrazine groups is 1. The molecule has 0 aliphatic carbocycles. The molecule has 0 spiro atoms. The molecule has 1 aromatic heterocycles. The molecule has 1 unspecified atom stereocenters. The minimum atomic E-state index is -0.0385. The first kappa shape index (κ1) is 13.6. The van der Waals surface area contributed by atoms with Gasteiger partial charge in [0.25, 0.3) is 0 Å². The van der Waals surface area contributed by atoms with Gasteiger partial charge in [-0.2, -0.15) is 5.10 Å². The summed E-state index contributed by atoms with van der Waals surface area (Å²) >= 11 is 3.49. The molecule has 1 atom stereocenters. The fraction of sp³-hybridized carbons (Fsp3) is 0.700. The van der Waals surface area contributed by atoms with Crippen LogP contribution in [0.25, 0.3) is 0 Å². The zero-order chi connectivity index (χ0) is 12.0. The smallest absolute Gasteiger partial charge is 0.0873 e. The molecule has 0 aromatic carbocycles. The molecular weight excluding hydrogens is 272 g/mol. The minimum absolute atomic E-state index is 0.0385. The van der Waals surface area contributed by atoms with E-state index in [9.17, 15) is 0 Å². The molecule has 0 aliphatic rings. The second kappa shape index (κ2) is 7.01. The van der Waals surface area contributed by atoms with Crippen molar-refractivity contribution >= 4 is 15.9 Å². The van der Waals surface area contributed by atoms with Gasteiger partial charge in [-0.15, -0.1) is 0 Å². The van der Waals surface area contributed by atoms with Gasteiger partial charge < -0.3 is 4.74 Å². The van der Waals surface area contributed by atoms with Gasteiger partial charge in [-0.1, -0.05) is 6.92 Å². The van der Waals surface area contributed by atoms with E-state index in [-0.39, 0.29) is 6.04 Å². The van der Waals surface area contributed by atoms with Gasteiger partial charge in [0.2, 0.25) is 0 Å². The first-order valence-electron chi connectivity index (χ1n) is 5.49. The molecule has 0 saturated heterocycles. The zero-order valence-corrected chi connectivity index (χ0v) is 11.3. The van der Waals surface area contributed by atoms with Crippen molar-refractivity contribution in [3.05, 3.63) is 16.4 Å². The number of aromatic nitrogens is 2. The van der Waals surface area contributed by atoms with Crippen LogP contribution in [0.3, 0.4) is 0 Å². The van der Waals surface area contributed by atoms with E-state index in [0.29, 0.717) is 13.2 Å². The van der Waals surface area contributed by atoms with Crippen LogP contribution in [0, 0.1) is 0 Å². The van der Waals surface area contributed by atoms with Crippen LogP contribution in [0.2, 0.25) is 0 Å². The standard InChI is InChI=1S/C10H19BrN4O/c1-3-5-15-10(8(11)6-13-15)9(14-12)7-16-4-2/h6,9,14H,3-5,7,12H2,1-2H3. The molecular formula is C10H19BrN4O. The number of nitrogens with zero attached hydrogens (tertiary/aromatic N) is 2. The van der Waals surface area contributed by atoms with E-state index >= 15 is 0 Å². The number of halogens is 1. The quantitative estimate of drug-likeness (QED) is 0.591. The fourth-order valence-electron chi connectivity index (χ4n) is 1.55. The molecule has 6 heteroatoms. The van der Waals surface area contributed by atoms with Crippen molar-refractivity contribution in [1.82, 2.24) is 15.2 Å². The summed E-state index contributed by atoms with van der Waals surface area (Å²) in [6.45, 7) is 6.18. The molecule has 0 aliphatic heterocycles. The van der Waals surface area contributed by atoms with Gasteiger partial charge in [-0.25, -0.2) is 5.43 Å². The van der Waals surface area contributed by atoms with E-state index in [2.05, 4.69) is 33.4 Å². The number of aryl methyl sites for hydroxylation is 1. The van der Waals surface area contributed by atoms with Crippen LogP contribution in [0.5, 0.6) is 0 Å². The van der Waals surface area contributed by atoms with Crippen molar-refractivity contribution in [1.29, 1.82) is 0 Å². The molecule has 0 bridgehead atoms. The maximum atomic E-state index is 5.55. The van der Waals surface area contributed by atoms with E-state index in [0.717, 1.165) is 23.1 Å². The molecule has 0 fully saturated rings. The van der Waals surface area contributed by atoms with Crippen LogP contribution in [0.1, 0.15) is 32.0 Å². The Hall–Kier alpha value is -0.430. The lowest BCUT2D eigenvalue weighted by atomic mass is 10.2. The van der Waals surface area contributed by atoms with E-state index in [4.69, 9.17) is 10.6 Å². The molecule has 0 amide bonds. The second-order valence-electron chi connectivity index (χ2n) is 3.48. The molecule has 1 heterocycles. The third kappa shape index (κ3) is 3.28. The van der Waals surface area contributed by atoms with Crippen LogP contribution < -0.4 is 11.3 Å². The number of rotatable bonds is 7. The highest BCUT2D eigenvalue weighted by molar-refractivity contribution is 9.10. The average molecular weight is 291 g/mol. The fourth-order valence-corrected chi connectivity index (χ4v) is 2.12. The van der Waals surface area contributed by atoms with Gasteiger partial charge in [-0.3, -0.25) is 10.5 Å². The normalized spacial score (nSPS) is 13.0. The number of hydrogen-bond acceptors (Lipinski definition) is 4. The highest BCUT2D eigenvalue weighted by Crippen LogP contribution is 2.23. The largest absolute Gasteiger partial charge is 0.380 e. The summed E-state index contributed by atoms with van der Waals surface area (Å²) in [7, 11) is 0. The van der Waals surface area contributed by atoms with Crippen LogP contribution >= 0.6 is 15.9 Å². The summed E-state index contributed by atoms with van der Waals surface area (Å²) in [5.74, 6) is 5.55. The van der Waals surface area contributed by atoms with E-state index in [1.807, 2.05) is 11.6 Å². The Kier molecular flexibility index (Phi) is 5.97. The molecule has 5 nitrogen and oxygen atoms in total. The van der Waals surface area contributed by atoms with Gasteiger partial charge in [0.05, 0.1) is 29.0 Å². The Morgan fingerprint density at radius 2 is 2.38 bits per heavy atom. The SMILES string of the molecule is CCCn1ncc(Br)c1C(COCC)NN. The van der Waals surface area contributed by atoms with Gasteiger partial charge in [0.15, 0.2) is 0 Å². The van der Waals surface area contributed by atoms with E-state index in [1.54, 1.807) is 6.20 Å². The van der Waals surface area contributed by atoms with Gasteiger partial charge in [0, 0.05) is 13.2 Å². The Morgan fingerprint density at radius 1 is 1.62 bits per heavy atom. The number of ether oxygens (including phenoxy) is 1. The second-order valence-corrected chi connectivity index (χ2v) is 4.33. The Labute approximate surface area is 104 Å². The summed E-state index contributed by atoms with van der Waals surface area (Å²) in [6.07, 6.45) is 2.83. The van der Waals surface area contributed by atoms with E-state index in [1.165, 1.54) is 0 Å². The lowest BCUT2D eigenvalue weighted by Crippen LogP contribution is -2.33. The molecule has 92 valence electrons. The molecule has 16 heavy (non-hydrogen) atoms. The number of nitrogens with one attached hydrogen (secondary N) is 1. The Morgan fingerprint density at radius 3 is 2.94 bits per heavy atom. The highest BCUT2D eigenvalue weighted by Gasteiger charge is 2.18. The first-order chi connectivity index (χ1) is 7.74. The first-order valence-corrected chi connectivity index (χ1v) is 6.28. The summed E-state index contributed by atoms with van der Waals surface area (Å²) in [4.78, 5) is 0. The topological polar surface area (TPSA) is 65.1 Å². The maximum Gasteiger partial charge on any atom is 0.0873 e. The van der Waals surface area contributed by atoms with Crippen molar-refractivity contribution in [3.63, 3.8) is 0 Å². The zero-order valence-electron chi connectivity index (χ0n) is 9.74. The van der Waals surface area contributed by atoms with Crippen LogP contribution in [0.15, 0.2) is 10.7 Å². The lowest BCUT2D eigenvalue weighted by molar-refractivity contribution is 0.120. The van der Waals surface area contributed by atoms with Gasteiger partial charge in [0.1, 0.15) is 0 Å². The summed E-state index contributed by atoms with van der Waals surface area (Å²) in [5, 5.41) is 4.30. The summed E-state index contributed by atoms with van der Waals surface area (Å²) in [5.41, 5.74) is 3.80. The van der Waals surface area contributed by atoms with Crippen molar-refractivity contribution in [2.24, 2.45) is 5.84 Å². The van der Waals surface area contributed by atoms with Crippen LogP contribution in [0.4, 0.5) is 0 Å². The summed E-state index contributed by atoms with van der Waals surface area (Å²) < 4.78 is 8.31. The molecule has 3 N–H and O–H groups in total. The third-order valence-corrected chi connectivity index (χ3v) is 2.90. The van der Waals surface area contributed by atoms with Crippen molar-refractivity contribution in [2.45, 2.75) is 32.9 Å². The predicted octanol–water partition coefficient (Wildman–Crippen LogP) is 1.60. The van der Waals surface area contributed by atoms with Gasteiger partial charge in [-0.05, 0) is 29.3 Å². The molecule has 1 aromatic rings. The van der Waals surface area contributed by atoms with Gasteiger partial charge >= 0.3 is 0 Å².